The van der Waals surface area contributed by atoms with E-state index in [1.54, 1.807) is 0 Å². The van der Waals surface area contributed by atoms with Gasteiger partial charge in [-0.15, -0.1) is 0 Å². The molecule has 0 bridgehead atoms. The van der Waals surface area contributed by atoms with Crippen LogP contribution >= 0.6 is 0 Å². The molecule has 2 heterocycles. The van der Waals surface area contributed by atoms with Crippen LogP contribution in [-0.4, -0.2) is 46.2 Å². The summed E-state index contributed by atoms with van der Waals surface area (Å²) in [6, 6.07) is 7.66. The molecule has 1 amide bonds. The number of aryl methyl sites for hydroxylation is 1. The topological polar surface area (TPSA) is 133 Å². The largest absolute Gasteiger partial charge is 0.380 e. The van der Waals surface area contributed by atoms with Gasteiger partial charge in [0.2, 0.25) is 5.95 Å². The van der Waals surface area contributed by atoms with Gasteiger partial charge in [-0.25, -0.2) is 4.98 Å². The van der Waals surface area contributed by atoms with Crippen molar-refractivity contribution in [2.45, 2.75) is 13.0 Å². The standard InChI is InChI=1S/C19H25N7O2/c1-3-28-11-12(20)9-22-19-23-10-14(17(21)27)18(25-19)24-15-5-4-6-16-13(15)7-8-26(16)2/h4-8,10,12H,3,9,11,20H2,1-2H3,(H2,21,27)(H2,22,23,24,25). The predicted octanol–water partition coefficient (Wildman–Crippen LogP) is 1.59. The molecule has 0 aliphatic rings. The van der Waals surface area contributed by atoms with Crippen molar-refractivity contribution in [2.24, 2.45) is 18.5 Å². The van der Waals surface area contributed by atoms with Crippen LogP contribution in [0.4, 0.5) is 17.5 Å². The summed E-state index contributed by atoms with van der Waals surface area (Å²) in [5, 5.41) is 7.28. The smallest absolute Gasteiger partial charge is 0.254 e. The molecule has 0 fully saturated rings. The summed E-state index contributed by atoms with van der Waals surface area (Å²) in [5.74, 6) is 0.0711. The summed E-state index contributed by atoms with van der Waals surface area (Å²) >= 11 is 0. The number of carbonyl (C=O) groups excluding carboxylic acids is 1. The number of benzene rings is 1. The molecule has 1 atom stereocenters. The zero-order valence-corrected chi connectivity index (χ0v) is 16.0. The number of rotatable bonds is 9. The highest BCUT2D eigenvalue weighted by Gasteiger charge is 2.14. The van der Waals surface area contributed by atoms with Gasteiger partial charge < -0.3 is 31.4 Å². The van der Waals surface area contributed by atoms with Gasteiger partial charge in [0.1, 0.15) is 11.4 Å². The SMILES string of the molecule is CCOCC(N)CNc1ncc(C(N)=O)c(Nc2cccc3c2ccn3C)n1. The fourth-order valence-electron chi connectivity index (χ4n) is 2.83. The van der Waals surface area contributed by atoms with E-state index in [1.807, 2.05) is 49.0 Å². The number of fused-ring (bicyclic) bond motifs is 1. The predicted molar refractivity (Wildman–Crippen MR) is 110 cm³/mol. The summed E-state index contributed by atoms with van der Waals surface area (Å²) in [4.78, 5) is 20.4. The summed E-state index contributed by atoms with van der Waals surface area (Å²) in [7, 11) is 1.97. The number of nitrogens with two attached hydrogens (primary N) is 2. The van der Waals surface area contributed by atoms with E-state index in [1.165, 1.54) is 6.20 Å². The van der Waals surface area contributed by atoms with Crippen LogP contribution < -0.4 is 22.1 Å². The van der Waals surface area contributed by atoms with Gasteiger partial charge in [0.15, 0.2) is 0 Å². The molecule has 9 nitrogen and oxygen atoms in total. The first-order chi connectivity index (χ1) is 13.5. The van der Waals surface area contributed by atoms with E-state index in [0.717, 1.165) is 16.6 Å². The average Bonchev–Trinajstić information content (AvgIpc) is 3.07. The van der Waals surface area contributed by atoms with Gasteiger partial charge in [-0.2, -0.15) is 4.98 Å². The lowest BCUT2D eigenvalue weighted by atomic mass is 10.2. The lowest BCUT2D eigenvalue weighted by Gasteiger charge is -2.15. The van der Waals surface area contributed by atoms with E-state index in [-0.39, 0.29) is 11.6 Å². The molecule has 1 unspecified atom stereocenters. The number of ether oxygens (including phenoxy) is 1. The molecule has 0 aliphatic carbocycles. The van der Waals surface area contributed by atoms with E-state index in [2.05, 4.69) is 20.6 Å². The molecular weight excluding hydrogens is 358 g/mol. The maximum atomic E-state index is 11.8. The third kappa shape index (κ3) is 4.38. The van der Waals surface area contributed by atoms with Crippen molar-refractivity contribution in [3.8, 4) is 0 Å². The fraction of sp³-hybridized carbons (Fsp3) is 0.316. The van der Waals surface area contributed by atoms with Crippen molar-refractivity contribution in [3.05, 3.63) is 42.2 Å². The van der Waals surface area contributed by atoms with Crippen LogP contribution in [0.15, 0.2) is 36.7 Å². The van der Waals surface area contributed by atoms with Crippen LogP contribution in [0.5, 0.6) is 0 Å². The summed E-state index contributed by atoms with van der Waals surface area (Å²) in [6.45, 7) is 3.39. The Hall–Kier alpha value is -3.17. The highest BCUT2D eigenvalue weighted by Crippen LogP contribution is 2.27. The zero-order chi connectivity index (χ0) is 20.1. The maximum Gasteiger partial charge on any atom is 0.254 e. The molecule has 148 valence electrons. The summed E-state index contributed by atoms with van der Waals surface area (Å²) < 4.78 is 7.31. The number of nitrogens with zero attached hydrogens (tertiary/aromatic N) is 3. The number of carbonyl (C=O) groups is 1. The van der Waals surface area contributed by atoms with Gasteiger partial charge >= 0.3 is 0 Å². The molecular formula is C19H25N7O2. The van der Waals surface area contributed by atoms with E-state index in [0.29, 0.717) is 31.5 Å². The first-order valence-corrected chi connectivity index (χ1v) is 9.04. The second-order valence-electron chi connectivity index (χ2n) is 6.41. The molecule has 28 heavy (non-hydrogen) atoms. The van der Waals surface area contributed by atoms with Crippen molar-refractivity contribution in [3.63, 3.8) is 0 Å². The van der Waals surface area contributed by atoms with Crippen LogP contribution in [0.3, 0.4) is 0 Å². The number of nitrogens with one attached hydrogen (secondary N) is 2. The van der Waals surface area contributed by atoms with Gasteiger partial charge in [0.25, 0.3) is 5.91 Å². The first-order valence-electron chi connectivity index (χ1n) is 9.04. The molecule has 3 rings (SSSR count). The molecule has 9 heteroatoms. The highest BCUT2D eigenvalue weighted by molar-refractivity contribution is 6.00. The number of aromatic nitrogens is 3. The van der Waals surface area contributed by atoms with Crippen molar-refractivity contribution in [1.82, 2.24) is 14.5 Å². The van der Waals surface area contributed by atoms with Gasteiger partial charge in [-0.1, -0.05) is 6.07 Å². The molecule has 0 saturated carbocycles. The summed E-state index contributed by atoms with van der Waals surface area (Å²) in [6.07, 6.45) is 3.37. The van der Waals surface area contributed by atoms with Crippen molar-refractivity contribution >= 4 is 34.3 Å². The monoisotopic (exact) mass is 383 g/mol. The third-order valence-corrected chi connectivity index (χ3v) is 4.29. The molecule has 6 N–H and O–H groups in total. The summed E-state index contributed by atoms with van der Waals surface area (Å²) in [5.41, 5.74) is 13.5. The Labute approximate surface area is 163 Å². The molecule has 0 saturated heterocycles. The quantitative estimate of drug-likeness (QED) is 0.441. The third-order valence-electron chi connectivity index (χ3n) is 4.29. The number of amides is 1. The number of anilines is 3. The number of primary amides is 1. The van der Waals surface area contributed by atoms with Gasteiger partial charge in [0.05, 0.1) is 6.61 Å². The van der Waals surface area contributed by atoms with Crippen molar-refractivity contribution < 1.29 is 9.53 Å². The minimum absolute atomic E-state index is 0.200. The Kier molecular flexibility index (Phi) is 6.07. The van der Waals surface area contributed by atoms with E-state index in [4.69, 9.17) is 16.2 Å². The van der Waals surface area contributed by atoms with Crippen LogP contribution in [0, 0.1) is 0 Å². The Bertz CT molecular complexity index is 970. The second-order valence-corrected chi connectivity index (χ2v) is 6.41. The average molecular weight is 383 g/mol. The van der Waals surface area contributed by atoms with Gasteiger partial charge in [0, 0.05) is 55.2 Å². The zero-order valence-electron chi connectivity index (χ0n) is 16.0. The van der Waals surface area contributed by atoms with Crippen LogP contribution in [0.25, 0.3) is 10.9 Å². The minimum Gasteiger partial charge on any atom is -0.380 e. The Morgan fingerprint density at radius 3 is 2.93 bits per heavy atom. The second kappa shape index (κ2) is 8.68. The Balaban J connectivity index is 1.84. The van der Waals surface area contributed by atoms with E-state index >= 15 is 0 Å². The van der Waals surface area contributed by atoms with Crippen molar-refractivity contribution in [2.75, 3.05) is 30.4 Å². The first kappa shape index (κ1) is 19.6. The van der Waals surface area contributed by atoms with Crippen LogP contribution in [-0.2, 0) is 11.8 Å². The Morgan fingerprint density at radius 2 is 2.18 bits per heavy atom. The molecule has 0 radical (unpaired) electrons. The van der Waals surface area contributed by atoms with E-state index < -0.39 is 5.91 Å². The molecule has 3 aromatic rings. The van der Waals surface area contributed by atoms with Crippen LogP contribution in [0.1, 0.15) is 17.3 Å². The molecule has 0 spiro atoms. The highest BCUT2D eigenvalue weighted by atomic mass is 16.5. The molecule has 1 aromatic carbocycles. The Morgan fingerprint density at radius 1 is 1.36 bits per heavy atom. The van der Waals surface area contributed by atoms with Crippen molar-refractivity contribution in [1.29, 1.82) is 0 Å². The van der Waals surface area contributed by atoms with Crippen LogP contribution in [0.2, 0.25) is 0 Å². The molecule has 2 aromatic heterocycles. The van der Waals surface area contributed by atoms with Gasteiger partial charge in [-0.05, 0) is 25.1 Å². The number of hydrogen-bond donors (Lipinski definition) is 4. The lowest BCUT2D eigenvalue weighted by Crippen LogP contribution is -2.34. The molecule has 0 aliphatic heterocycles. The fourth-order valence-corrected chi connectivity index (χ4v) is 2.83. The number of hydrogen-bond acceptors (Lipinski definition) is 7. The minimum atomic E-state index is -0.609. The van der Waals surface area contributed by atoms with E-state index in [9.17, 15) is 4.79 Å². The normalized spacial score (nSPS) is 12.1. The lowest BCUT2D eigenvalue weighted by molar-refractivity contribution is 0.100. The maximum absolute atomic E-state index is 11.8. The van der Waals surface area contributed by atoms with Gasteiger partial charge in [-0.3, -0.25) is 4.79 Å².